The molecule has 3 rings (SSSR count). The third-order valence-electron chi connectivity index (χ3n) is 5.71. The number of amides is 1. The fourth-order valence-corrected chi connectivity index (χ4v) is 4.31. The predicted molar refractivity (Wildman–Crippen MR) is 92.5 cm³/mol. The summed E-state index contributed by atoms with van der Waals surface area (Å²) in [5, 5.41) is 0. The minimum Gasteiger partial charge on any atom is -0.459 e. The molecule has 0 unspecified atom stereocenters. The first-order valence-corrected chi connectivity index (χ1v) is 9.50. The second kappa shape index (κ2) is 6.66. The maximum Gasteiger partial charge on any atom is 0.323 e. The second-order valence-electron chi connectivity index (χ2n) is 8.81. The van der Waals surface area contributed by atoms with Gasteiger partial charge >= 0.3 is 5.97 Å². The predicted octanol–water partition coefficient (Wildman–Crippen LogP) is 2.58. The summed E-state index contributed by atoms with van der Waals surface area (Å²) >= 11 is 0. The standard InChI is InChI=1S/C19H32N2O3/c1-19(2,3)24-18(23)16-11-13-7-5-6-8-15(13)21(16)12-17(22)20(4)14-9-10-14/h13-16H,5-12H2,1-4H3/t13-,15+,16-/m0/s1. The van der Waals surface area contributed by atoms with E-state index in [1.807, 2.05) is 32.7 Å². The second-order valence-corrected chi connectivity index (χ2v) is 8.81. The minimum absolute atomic E-state index is 0.150. The van der Waals surface area contributed by atoms with Gasteiger partial charge in [0.05, 0.1) is 6.54 Å². The van der Waals surface area contributed by atoms with Crippen LogP contribution in [-0.4, -0.2) is 59.0 Å². The van der Waals surface area contributed by atoms with Crippen molar-refractivity contribution in [3.8, 4) is 0 Å². The van der Waals surface area contributed by atoms with Crippen LogP contribution in [-0.2, 0) is 14.3 Å². The van der Waals surface area contributed by atoms with Crippen LogP contribution in [0, 0.1) is 5.92 Å². The van der Waals surface area contributed by atoms with E-state index in [4.69, 9.17) is 4.74 Å². The Kier molecular flexibility index (Phi) is 4.92. The van der Waals surface area contributed by atoms with E-state index < -0.39 is 5.60 Å². The summed E-state index contributed by atoms with van der Waals surface area (Å²) in [6.45, 7) is 6.08. The number of rotatable bonds is 4. The van der Waals surface area contributed by atoms with Gasteiger partial charge in [0.15, 0.2) is 0 Å². The molecule has 0 aromatic heterocycles. The van der Waals surface area contributed by atoms with E-state index in [0.717, 1.165) is 25.7 Å². The molecular formula is C19H32N2O3. The van der Waals surface area contributed by atoms with Crippen molar-refractivity contribution in [1.82, 2.24) is 9.80 Å². The van der Waals surface area contributed by atoms with E-state index in [9.17, 15) is 9.59 Å². The molecule has 1 aliphatic heterocycles. The molecule has 0 bridgehead atoms. The summed E-state index contributed by atoms with van der Waals surface area (Å²) in [4.78, 5) is 29.4. The molecule has 3 aliphatic rings. The highest BCUT2D eigenvalue weighted by Gasteiger charge is 2.47. The van der Waals surface area contributed by atoms with Gasteiger partial charge in [-0.15, -0.1) is 0 Å². The Balaban J connectivity index is 1.72. The molecule has 5 heteroatoms. The van der Waals surface area contributed by atoms with Gasteiger partial charge in [0, 0.05) is 19.1 Å². The topological polar surface area (TPSA) is 49.9 Å². The Hall–Kier alpha value is -1.10. The first-order chi connectivity index (χ1) is 11.3. The number of carbonyl (C=O) groups is 2. The van der Waals surface area contributed by atoms with E-state index in [1.54, 1.807) is 0 Å². The maximum absolute atomic E-state index is 12.7. The molecule has 2 saturated carbocycles. The molecule has 0 aromatic rings. The van der Waals surface area contributed by atoms with E-state index >= 15 is 0 Å². The van der Waals surface area contributed by atoms with Crippen molar-refractivity contribution >= 4 is 11.9 Å². The van der Waals surface area contributed by atoms with Crippen LogP contribution < -0.4 is 0 Å². The lowest BCUT2D eigenvalue weighted by Gasteiger charge is -2.34. The molecule has 1 saturated heterocycles. The van der Waals surface area contributed by atoms with Gasteiger partial charge in [-0.3, -0.25) is 14.5 Å². The Morgan fingerprint density at radius 1 is 1.12 bits per heavy atom. The summed E-state index contributed by atoms with van der Waals surface area (Å²) in [6, 6.07) is 0.531. The van der Waals surface area contributed by atoms with Crippen LogP contribution in [0.2, 0.25) is 0 Å². The SMILES string of the molecule is CN(C(=O)CN1[C@@H]2CCCC[C@H]2C[C@H]1C(=O)OC(C)(C)C)C1CC1. The van der Waals surface area contributed by atoms with Gasteiger partial charge in [-0.2, -0.15) is 0 Å². The number of hydrogen-bond donors (Lipinski definition) is 0. The number of likely N-dealkylation sites (N-methyl/N-ethyl adjacent to an activating group) is 1. The van der Waals surface area contributed by atoms with Gasteiger partial charge in [-0.05, 0) is 58.8 Å². The van der Waals surface area contributed by atoms with Crippen LogP contribution in [0.3, 0.4) is 0 Å². The summed E-state index contributed by atoms with van der Waals surface area (Å²) in [5.74, 6) is 0.534. The summed E-state index contributed by atoms with van der Waals surface area (Å²) < 4.78 is 5.65. The van der Waals surface area contributed by atoms with Crippen LogP contribution in [0.5, 0.6) is 0 Å². The molecule has 0 aromatic carbocycles. The van der Waals surface area contributed by atoms with Crippen molar-refractivity contribution in [3.63, 3.8) is 0 Å². The van der Waals surface area contributed by atoms with Crippen LogP contribution in [0.25, 0.3) is 0 Å². The number of likely N-dealkylation sites (tertiary alicyclic amines) is 1. The average Bonchev–Trinajstić information content (AvgIpc) is 3.28. The van der Waals surface area contributed by atoms with Crippen molar-refractivity contribution < 1.29 is 14.3 Å². The molecule has 2 aliphatic carbocycles. The summed E-state index contributed by atoms with van der Waals surface area (Å²) in [5.41, 5.74) is -0.481. The lowest BCUT2D eigenvalue weighted by atomic mass is 9.85. The van der Waals surface area contributed by atoms with Crippen molar-refractivity contribution in [1.29, 1.82) is 0 Å². The number of fused-ring (bicyclic) bond motifs is 1. The lowest BCUT2D eigenvalue weighted by molar-refractivity contribution is -0.161. The molecule has 1 heterocycles. The van der Waals surface area contributed by atoms with Crippen LogP contribution >= 0.6 is 0 Å². The number of hydrogen-bond acceptors (Lipinski definition) is 4. The monoisotopic (exact) mass is 336 g/mol. The van der Waals surface area contributed by atoms with Gasteiger partial charge in [0.25, 0.3) is 0 Å². The van der Waals surface area contributed by atoms with Crippen LogP contribution in [0.4, 0.5) is 0 Å². The van der Waals surface area contributed by atoms with Crippen molar-refractivity contribution in [2.24, 2.45) is 5.92 Å². The maximum atomic E-state index is 12.7. The highest BCUT2D eigenvalue weighted by Crippen LogP contribution is 2.40. The molecule has 3 fully saturated rings. The first kappa shape index (κ1) is 17.7. The molecule has 0 radical (unpaired) electrons. The third kappa shape index (κ3) is 3.93. The zero-order chi connectivity index (χ0) is 17.5. The Bertz CT molecular complexity index is 495. The van der Waals surface area contributed by atoms with Gasteiger partial charge < -0.3 is 9.64 Å². The van der Waals surface area contributed by atoms with E-state index in [0.29, 0.717) is 24.5 Å². The number of carbonyl (C=O) groups excluding carboxylic acids is 2. The molecule has 3 atom stereocenters. The smallest absolute Gasteiger partial charge is 0.323 e. The Morgan fingerprint density at radius 3 is 2.42 bits per heavy atom. The van der Waals surface area contributed by atoms with Gasteiger partial charge in [-0.1, -0.05) is 12.8 Å². The van der Waals surface area contributed by atoms with E-state index in [-0.39, 0.29) is 17.9 Å². The highest BCUT2D eigenvalue weighted by molar-refractivity contribution is 5.81. The number of ether oxygens (including phenoxy) is 1. The van der Waals surface area contributed by atoms with E-state index in [1.165, 1.54) is 19.3 Å². The molecule has 1 amide bonds. The third-order valence-corrected chi connectivity index (χ3v) is 5.71. The van der Waals surface area contributed by atoms with Gasteiger partial charge in [0.1, 0.15) is 11.6 Å². The van der Waals surface area contributed by atoms with Gasteiger partial charge in [0.2, 0.25) is 5.91 Å². The fourth-order valence-electron chi connectivity index (χ4n) is 4.31. The Labute approximate surface area is 145 Å². The van der Waals surface area contributed by atoms with Crippen molar-refractivity contribution in [2.45, 2.75) is 89.4 Å². The van der Waals surface area contributed by atoms with E-state index in [2.05, 4.69) is 4.90 Å². The fraction of sp³-hybridized carbons (Fsp3) is 0.895. The molecule has 0 N–H and O–H groups in total. The van der Waals surface area contributed by atoms with Crippen LogP contribution in [0.1, 0.15) is 65.7 Å². The largest absolute Gasteiger partial charge is 0.459 e. The first-order valence-electron chi connectivity index (χ1n) is 9.50. The van der Waals surface area contributed by atoms with Gasteiger partial charge in [-0.25, -0.2) is 0 Å². The highest BCUT2D eigenvalue weighted by atomic mass is 16.6. The molecule has 0 spiro atoms. The summed E-state index contributed by atoms with van der Waals surface area (Å²) in [6.07, 6.45) is 7.79. The number of esters is 1. The molecule has 136 valence electrons. The average molecular weight is 336 g/mol. The van der Waals surface area contributed by atoms with Crippen molar-refractivity contribution in [2.75, 3.05) is 13.6 Å². The molecule has 5 nitrogen and oxygen atoms in total. The molecule has 24 heavy (non-hydrogen) atoms. The molecular weight excluding hydrogens is 304 g/mol. The quantitative estimate of drug-likeness (QED) is 0.741. The normalized spacial score (nSPS) is 30.8. The zero-order valence-electron chi connectivity index (χ0n) is 15.6. The summed E-state index contributed by atoms with van der Waals surface area (Å²) in [7, 11) is 1.90. The van der Waals surface area contributed by atoms with Crippen LogP contribution in [0.15, 0.2) is 0 Å². The zero-order valence-corrected chi connectivity index (χ0v) is 15.6. The Morgan fingerprint density at radius 2 is 1.79 bits per heavy atom. The number of nitrogens with zero attached hydrogens (tertiary/aromatic N) is 2. The minimum atomic E-state index is -0.481. The van der Waals surface area contributed by atoms with Crippen molar-refractivity contribution in [3.05, 3.63) is 0 Å². The lowest BCUT2D eigenvalue weighted by Crippen LogP contribution is -2.49.